The molecule has 1 aromatic heterocycles. The number of aliphatic imine (C=N–C) groups is 1. The van der Waals surface area contributed by atoms with E-state index in [1.807, 2.05) is 34.9 Å². The van der Waals surface area contributed by atoms with Crippen molar-refractivity contribution < 1.29 is 4.74 Å². The standard InChI is InChI=1S/C22H35N7O/c1-4-18(5-2)20(28-11-13-30-14-12-28)15-24-22(23-3)25-16-21-27-26-17-29(21)19-9-7-6-8-10-19/h6-10,17-18,20H,4-5,11-16H2,1-3H3,(H2,23,24,25). The maximum atomic E-state index is 5.56. The molecule has 0 amide bonds. The molecule has 2 heterocycles. The summed E-state index contributed by atoms with van der Waals surface area (Å²) in [6, 6.07) is 10.6. The number of guanidine groups is 1. The summed E-state index contributed by atoms with van der Waals surface area (Å²) in [5.74, 6) is 2.27. The predicted octanol–water partition coefficient (Wildman–Crippen LogP) is 2.07. The van der Waals surface area contributed by atoms with Crippen molar-refractivity contribution in [3.8, 4) is 5.69 Å². The van der Waals surface area contributed by atoms with Crippen LogP contribution in [0.15, 0.2) is 41.7 Å². The molecule has 2 aromatic rings. The Hall–Kier alpha value is -2.45. The van der Waals surface area contributed by atoms with Crippen LogP contribution in [0.4, 0.5) is 0 Å². The molecule has 8 nitrogen and oxygen atoms in total. The fraction of sp³-hybridized carbons (Fsp3) is 0.591. The average molecular weight is 414 g/mol. The highest BCUT2D eigenvalue weighted by atomic mass is 16.5. The topological polar surface area (TPSA) is 79.6 Å². The number of hydrogen-bond donors (Lipinski definition) is 2. The van der Waals surface area contributed by atoms with E-state index in [9.17, 15) is 0 Å². The maximum Gasteiger partial charge on any atom is 0.191 e. The van der Waals surface area contributed by atoms with E-state index in [2.05, 4.69) is 44.6 Å². The Bertz CT molecular complexity index is 767. The smallest absolute Gasteiger partial charge is 0.191 e. The average Bonchev–Trinajstić information content (AvgIpc) is 3.28. The molecule has 30 heavy (non-hydrogen) atoms. The van der Waals surface area contributed by atoms with Gasteiger partial charge in [0.25, 0.3) is 0 Å². The van der Waals surface area contributed by atoms with Crippen molar-refractivity contribution in [2.75, 3.05) is 39.9 Å². The molecule has 1 aliphatic heterocycles. The molecule has 0 spiro atoms. The number of hydrogen-bond acceptors (Lipinski definition) is 5. The largest absolute Gasteiger partial charge is 0.379 e. The molecule has 1 unspecified atom stereocenters. The minimum absolute atomic E-state index is 0.468. The molecule has 164 valence electrons. The highest BCUT2D eigenvalue weighted by Crippen LogP contribution is 2.19. The lowest BCUT2D eigenvalue weighted by Crippen LogP contribution is -2.53. The van der Waals surface area contributed by atoms with Crippen LogP contribution in [0.25, 0.3) is 5.69 Å². The van der Waals surface area contributed by atoms with Crippen molar-refractivity contribution in [2.24, 2.45) is 10.9 Å². The quantitative estimate of drug-likeness (QED) is 0.484. The van der Waals surface area contributed by atoms with Gasteiger partial charge in [0.1, 0.15) is 6.33 Å². The van der Waals surface area contributed by atoms with Gasteiger partial charge in [-0.3, -0.25) is 14.5 Å². The Morgan fingerprint density at radius 1 is 1.13 bits per heavy atom. The predicted molar refractivity (Wildman–Crippen MR) is 120 cm³/mol. The molecule has 0 bridgehead atoms. The summed E-state index contributed by atoms with van der Waals surface area (Å²) in [6.45, 7) is 9.59. The monoisotopic (exact) mass is 413 g/mol. The normalized spacial score (nSPS) is 16.6. The Morgan fingerprint density at radius 2 is 1.87 bits per heavy atom. The van der Waals surface area contributed by atoms with Crippen molar-refractivity contribution >= 4 is 5.96 Å². The summed E-state index contributed by atoms with van der Waals surface area (Å²) < 4.78 is 7.55. The molecule has 1 fully saturated rings. The molecule has 0 aliphatic carbocycles. The van der Waals surface area contributed by atoms with Gasteiger partial charge in [0.2, 0.25) is 0 Å². The molecule has 1 aromatic carbocycles. The molecular weight excluding hydrogens is 378 g/mol. The Kier molecular flexibility index (Phi) is 8.65. The lowest BCUT2D eigenvalue weighted by Gasteiger charge is -2.39. The third kappa shape index (κ3) is 5.79. The van der Waals surface area contributed by atoms with Crippen molar-refractivity contribution in [1.29, 1.82) is 0 Å². The van der Waals surface area contributed by atoms with Crippen LogP contribution in [0.5, 0.6) is 0 Å². The molecule has 1 aliphatic rings. The summed E-state index contributed by atoms with van der Waals surface area (Å²) in [4.78, 5) is 6.97. The summed E-state index contributed by atoms with van der Waals surface area (Å²) in [7, 11) is 1.80. The Morgan fingerprint density at radius 3 is 2.53 bits per heavy atom. The van der Waals surface area contributed by atoms with Gasteiger partial charge in [0.05, 0.1) is 19.8 Å². The molecule has 2 N–H and O–H groups in total. The van der Waals surface area contributed by atoms with Crippen LogP contribution in [0.3, 0.4) is 0 Å². The van der Waals surface area contributed by atoms with Gasteiger partial charge in [0.15, 0.2) is 11.8 Å². The SMILES string of the molecule is CCC(CC)C(CNC(=NC)NCc1nncn1-c1ccccc1)N1CCOCC1. The number of morpholine rings is 1. The van der Waals surface area contributed by atoms with E-state index in [0.717, 1.165) is 50.3 Å². The zero-order valence-electron chi connectivity index (χ0n) is 18.4. The van der Waals surface area contributed by atoms with Crippen LogP contribution in [0, 0.1) is 5.92 Å². The third-order valence-electron chi connectivity index (χ3n) is 5.88. The summed E-state index contributed by atoms with van der Waals surface area (Å²) >= 11 is 0. The van der Waals surface area contributed by atoms with Gasteiger partial charge in [-0.1, -0.05) is 44.9 Å². The number of nitrogens with zero attached hydrogens (tertiary/aromatic N) is 5. The van der Waals surface area contributed by atoms with E-state index < -0.39 is 0 Å². The number of ether oxygens (including phenoxy) is 1. The fourth-order valence-corrected chi connectivity index (χ4v) is 4.10. The molecule has 1 atom stereocenters. The minimum Gasteiger partial charge on any atom is -0.379 e. The number of benzene rings is 1. The fourth-order valence-electron chi connectivity index (χ4n) is 4.10. The lowest BCUT2D eigenvalue weighted by atomic mass is 9.92. The van der Waals surface area contributed by atoms with Crippen LogP contribution in [-0.4, -0.2) is 71.6 Å². The molecule has 1 saturated heterocycles. The maximum absolute atomic E-state index is 5.56. The molecule has 8 heteroatoms. The van der Waals surface area contributed by atoms with Gasteiger partial charge >= 0.3 is 0 Å². The van der Waals surface area contributed by atoms with Crippen LogP contribution >= 0.6 is 0 Å². The van der Waals surface area contributed by atoms with E-state index in [1.54, 1.807) is 13.4 Å². The summed E-state index contributed by atoms with van der Waals surface area (Å²) in [5, 5.41) is 15.3. The Labute approximate surface area is 179 Å². The second kappa shape index (κ2) is 11.7. The summed E-state index contributed by atoms with van der Waals surface area (Å²) in [5.41, 5.74) is 1.04. The first-order chi connectivity index (χ1) is 14.8. The van der Waals surface area contributed by atoms with E-state index in [0.29, 0.717) is 18.5 Å². The van der Waals surface area contributed by atoms with Crippen molar-refractivity contribution in [3.05, 3.63) is 42.5 Å². The van der Waals surface area contributed by atoms with Crippen LogP contribution in [0.2, 0.25) is 0 Å². The van der Waals surface area contributed by atoms with E-state index in [1.165, 1.54) is 12.8 Å². The number of rotatable bonds is 9. The molecular formula is C22H35N7O. The first-order valence-corrected chi connectivity index (χ1v) is 11.0. The summed E-state index contributed by atoms with van der Waals surface area (Å²) in [6.07, 6.45) is 4.09. The van der Waals surface area contributed by atoms with E-state index >= 15 is 0 Å². The molecule has 3 rings (SSSR count). The van der Waals surface area contributed by atoms with Crippen molar-refractivity contribution in [2.45, 2.75) is 39.3 Å². The second-order valence-electron chi connectivity index (χ2n) is 7.55. The van der Waals surface area contributed by atoms with Crippen molar-refractivity contribution in [1.82, 2.24) is 30.3 Å². The van der Waals surface area contributed by atoms with Gasteiger partial charge in [-0.25, -0.2) is 0 Å². The second-order valence-corrected chi connectivity index (χ2v) is 7.55. The van der Waals surface area contributed by atoms with Gasteiger partial charge in [-0.05, 0) is 18.1 Å². The zero-order chi connectivity index (χ0) is 21.2. The van der Waals surface area contributed by atoms with Gasteiger partial charge in [0, 0.05) is 38.4 Å². The highest BCUT2D eigenvalue weighted by Gasteiger charge is 2.27. The van der Waals surface area contributed by atoms with Gasteiger partial charge < -0.3 is 15.4 Å². The zero-order valence-corrected chi connectivity index (χ0v) is 18.4. The van der Waals surface area contributed by atoms with Gasteiger partial charge in [-0.2, -0.15) is 0 Å². The number of para-hydroxylation sites is 1. The van der Waals surface area contributed by atoms with Crippen LogP contribution in [0.1, 0.15) is 32.5 Å². The number of nitrogens with one attached hydrogen (secondary N) is 2. The van der Waals surface area contributed by atoms with Crippen LogP contribution < -0.4 is 10.6 Å². The Balaban J connectivity index is 1.59. The minimum atomic E-state index is 0.468. The van der Waals surface area contributed by atoms with E-state index in [-0.39, 0.29) is 0 Å². The van der Waals surface area contributed by atoms with Crippen LogP contribution in [-0.2, 0) is 11.3 Å². The first kappa shape index (κ1) is 22.2. The molecule has 0 saturated carbocycles. The molecule has 0 radical (unpaired) electrons. The van der Waals surface area contributed by atoms with E-state index in [4.69, 9.17) is 4.74 Å². The first-order valence-electron chi connectivity index (χ1n) is 11.0. The lowest BCUT2D eigenvalue weighted by molar-refractivity contribution is 0.00272. The van der Waals surface area contributed by atoms with Gasteiger partial charge in [-0.15, -0.1) is 10.2 Å². The third-order valence-corrected chi connectivity index (χ3v) is 5.88. The highest BCUT2D eigenvalue weighted by molar-refractivity contribution is 5.79. The number of aromatic nitrogens is 3. The van der Waals surface area contributed by atoms with Crippen molar-refractivity contribution in [3.63, 3.8) is 0 Å².